The molecule has 0 unspecified atom stereocenters. The average Bonchev–Trinajstić information content (AvgIpc) is 3.12. The van der Waals surface area contributed by atoms with Gasteiger partial charge in [-0.25, -0.2) is 13.6 Å². The maximum absolute atomic E-state index is 13.2. The molecule has 0 spiro atoms. The Bertz CT molecular complexity index is 648. The smallest absolute Gasteiger partial charge is 0.308 e. The van der Waals surface area contributed by atoms with Crippen LogP contribution in [0.1, 0.15) is 10.3 Å². The quantitative estimate of drug-likeness (QED) is 0.892. The summed E-state index contributed by atoms with van der Waals surface area (Å²) in [6, 6.07) is 6.97. The third-order valence-corrected chi connectivity index (χ3v) is 5.43. The van der Waals surface area contributed by atoms with Crippen molar-refractivity contribution in [2.75, 3.05) is 17.6 Å². The van der Waals surface area contributed by atoms with Gasteiger partial charge in [0.15, 0.2) is 11.6 Å². The van der Waals surface area contributed by atoms with Gasteiger partial charge in [-0.1, -0.05) is 6.07 Å². The van der Waals surface area contributed by atoms with Gasteiger partial charge < -0.3 is 10.2 Å². The van der Waals surface area contributed by atoms with Crippen LogP contribution in [0.15, 0.2) is 35.7 Å². The lowest BCUT2D eigenvalue weighted by atomic mass is 10.3. The van der Waals surface area contributed by atoms with E-state index in [2.05, 4.69) is 5.32 Å². The minimum Gasteiger partial charge on any atom is -0.308 e. The normalized spacial score (nSPS) is 18.0. The lowest BCUT2D eigenvalue weighted by Gasteiger charge is -2.23. The summed E-state index contributed by atoms with van der Waals surface area (Å²) < 4.78 is 26.0. The Labute approximate surface area is 129 Å². The molecular formula is C14H12F2N2OS2. The molecule has 0 bridgehead atoms. The standard InChI is InChI=1S/C14H12F2N2OS2/c15-10-4-3-9(8-11(10)16)17-14(19)18-5-7-21-13(18)12-2-1-6-20-12/h1-4,6,8,13H,5,7H2,(H,17,19)/t13-/m0/s1. The number of urea groups is 1. The molecule has 2 heterocycles. The third-order valence-electron chi connectivity index (χ3n) is 3.11. The van der Waals surface area contributed by atoms with E-state index in [-0.39, 0.29) is 17.1 Å². The Morgan fingerprint density at radius 3 is 2.86 bits per heavy atom. The lowest BCUT2D eigenvalue weighted by molar-refractivity contribution is 0.215. The van der Waals surface area contributed by atoms with Crippen LogP contribution in [0.2, 0.25) is 0 Å². The predicted molar refractivity (Wildman–Crippen MR) is 81.6 cm³/mol. The Morgan fingerprint density at radius 1 is 1.29 bits per heavy atom. The summed E-state index contributed by atoms with van der Waals surface area (Å²) in [5.41, 5.74) is 0.251. The fourth-order valence-electron chi connectivity index (χ4n) is 2.11. The van der Waals surface area contributed by atoms with Crippen LogP contribution in [0.3, 0.4) is 0 Å². The fourth-order valence-corrected chi connectivity index (χ4v) is 4.35. The van der Waals surface area contributed by atoms with Crippen molar-refractivity contribution in [1.29, 1.82) is 0 Å². The molecule has 0 radical (unpaired) electrons. The molecule has 7 heteroatoms. The number of benzene rings is 1. The summed E-state index contributed by atoms with van der Waals surface area (Å²) in [5, 5.41) is 4.57. The van der Waals surface area contributed by atoms with E-state index in [1.807, 2.05) is 17.5 Å². The van der Waals surface area contributed by atoms with Crippen molar-refractivity contribution in [2.45, 2.75) is 5.37 Å². The molecular weight excluding hydrogens is 314 g/mol. The molecule has 2 aromatic rings. The third kappa shape index (κ3) is 3.03. The summed E-state index contributed by atoms with van der Waals surface area (Å²) >= 11 is 3.29. The first-order chi connectivity index (χ1) is 10.1. The fraction of sp³-hybridized carbons (Fsp3) is 0.214. The van der Waals surface area contributed by atoms with E-state index in [1.54, 1.807) is 28.0 Å². The number of halogens is 2. The number of thiophene rings is 1. The van der Waals surface area contributed by atoms with Gasteiger partial charge in [-0.15, -0.1) is 23.1 Å². The van der Waals surface area contributed by atoms with E-state index in [0.29, 0.717) is 6.54 Å². The number of nitrogens with one attached hydrogen (secondary N) is 1. The average molecular weight is 326 g/mol. The van der Waals surface area contributed by atoms with Crippen molar-refractivity contribution in [3.8, 4) is 0 Å². The number of thioether (sulfide) groups is 1. The molecule has 0 saturated carbocycles. The highest BCUT2D eigenvalue weighted by molar-refractivity contribution is 7.99. The number of rotatable bonds is 2. The number of carbonyl (C=O) groups excluding carboxylic acids is 1. The first-order valence-electron chi connectivity index (χ1n) is 6.33. The summed E-state index contributed by atoms with van der Waals surface area (Å²) in [6.07, 6.45) is 0. The minimum absolute atomic E-state index is 0.0182. The van der Waals surface area contributed by atoms with Crippen LogP contribution in [0.25, 0.3) is 0 Å². The highest BCUT2D eigenvalue weighted by Crippen LogP contribution is 2.40. The Morgan fingerprint density at radius 2 is 2.14 bits per heavy atom. The van der Waals surface area contributed by atoms with E-state index < -0.39 is 11.6 Å². The van der Waals surface area contributed by atoms with Crippen LogP contribution in [-0.2, 0) is 0 Å². The van der Waals surface area contributed by atoms with Crippen LogP contribution >= 0.6 is 23.1 Å². The first kappa shape index (κ1) is 14.3. The molecule has 1 fully saturated rings. The van der Waals surface area contributed by atoms with E-state index in [0.717, 1.165) is 22.8 Å². The molecule has 1 N–H and O–H groups in total. The van der Waals surface area contributed by atoms with Crippen molar-refractivity contribution < 1.29 is 13.6 Å². The number of carbonyl (C=O) groups is 1. The van der Waals surface area contributed by atoms with Crippen molar-refractivity contribution in [3.05, 3.63) is 52.2 Å². The SMILES string of the molecule is O=C(Nc1ccc(F)c(F)c1)N1CCS[C@H]1c1cccs1. The second kappa shape index (κ2) is 6.03. The molecule has 1 aliphatic heterocycles. The Hall–Kier alpha value is -1.60. The van der Waals surface area contributed by atoms with Gasteiger partial charge in [0.25, 0.3) is 0 Å². The van der Waals surface area contributed by atoms with E-state index in [9.17, 15) is 13.6 Å². The predicted octanol–water partition coefficient (Wildman–Crippen LogP) is 4.31. The lowest BCUT2D eigenvalue weighted by Crippen LogP contribution is -2.34. The van der Waals surface area contributed by atoms with Crippen molar-refractivity contribution in [2.24, 2.45) is 0 Å². The molecule has 1 saturated heterocycles. The summed E-state index contributed by atoms with van der Waals surface area (Å²) in [7, 11) is 0. The van der Waals surface area contributed by atoms with Gasteiger partial charge in [0.05, 0.1) is 0 Å². The van der Waals surface area contributed by atoms with Gasteiger partial charge in [0, 0.05) is 28.9 Å². The molecule has 21 heavy (non-hydrogen) atoms. The summed E-state index contributed by atoms with van der Waals surface area (Å²) in [5.74, 6) is -1.05. The molecule has 1 aromatic carbocycles. The summed E-state index contributed by atoms with van der Waals surface area (Å²) in [4.78, 5) is 15.1. The second-order valence-electron chi connectivity index (χ2n) is 4.49. The molecule has 1 aliphatic rings. The number of nitrogens with zero attached hydrogens (tertiary/aromatic N) is 1. The molecule has 1 aromatic heterocycles. The Kier molecular flexibility index (Phi) is 4.12. The maximum Gasteiger partial charge on any atom is 0.323 e. The van der Waals surface area contributed by atoms with Gasteiger partial charge in [-0.3, -0.25) is 0 Å². The van der Waals surface area contributed by atoms with E-state index in [4.69, 9.17) is 0 Å². The van der Waals surface area contributed by atoms with E-state index >= 15 is 0 Å². The zero-order valence-electron chi connectivity index (χ0n) is 10.9. The van der Waals surface area contributed by atoms with E-state index in [1.165, 1.54) is 6.07 Å². The molecule has 3 nitrogen and oxygen atoms in total. The van der Waals surface area contributed by atoms with Crippen LogP contribution < -0.4 is 5.32 Å². The number of amides is 2. The Balaban J connectivity index is 1.73. The van der Waals surface area contributed by atoms with Gasteiger partial charge in [0.2, 0.25) is 0 Å². The highest BCUT2D eigenvalue weighted by Gasteiger charge is 2.31. The maximum atomic E-state index is 13.2. The minimum atomic E-state index is -0.974. The van der Waals surface area contributed by atoms with Crippen molar-refractivity contribution in [3.63, 3.8) is 0 Å². The largest absolute Gasteiger partial charge is 0.323 e. The van der Waals surface area contributed by atoms with Crippen molar-refractivity contribution in [1.82, 2.24) is 4.90 Å². The van der Waals surface area contributed by atoms with Crippen LogP contribution in [0.5, 0.6) is 0 Å². The second-order valence-corrected chi connectivity index (χ2v) is 6.66. The number of anilines is 1. The molecule has 0 aliphatic carbocycles. The molecule has 2 amide bonds. The monoisotopic (exact) mass is 326 g/mol. The van der Waals surface area contributed by atoms with Crippen molar-refractivity contribution >= 4 is 34.8 Å². The van der Waals surface area contributed by atoms with Gasteiger partial charge >= 0.3 is 6.03 Å². The summed E-state index contributed by atoms with van der Waals surface area (Å²) in [6.45, 7) is 0.628. The van der Waals surface area contributed by atoms with Gasteiger partial charge in [-0.05, 0) is 23.6 Å². The molecule has 110 valence electrons. The zero-order valence-corrected chi connectivity index (χ0v) is 12.5. The number of hydrogen-bond acceptors (Lipinski definition) is 3. The molecule has 1 atom stereocenters. The number of hydrogen-bond donors (Lipinski definition) is 1. The van der Waals surface area contributed by atoms with Gasteiger partial charge in [0.1, 0.15) is 5.37 Å². The van der Waals surface area contributed by atoms with Crippen LogP contribution in [0, 0.1) is 11.6 Å². The van der Waals surface area contributed by atoms with Crippen LogP contribution in [-0.4, -0.2) is 23.2 Å². The highest BCUT2D eigenvalue weighted by atomic mass is 32.2. The zero-order chi connectivity index (χ0) is 14.8. The van der Waals surface area contributed by atoms with Crippen LogP contribution in [0.4, 0.5) is 19.3 Å². The topological polar surface area (TPSA) is 32.3 Å². The molecule has 3 rings (SSSR count). The van der Waals surface area contributed by atoms with Gasteiger partial charge in [-0.2, -0.15) is 0 Å². The first-order valence-corrected chi connectivity index (χ1v) is 8.25.